The van der Waals surface area contributed by atoms with Crippen molar-refractivity contribution in [2.75, 3.05) is 52.9 Å². The third-order valence-electron chi connectivity index (χ3n) is 5.62. The van der Waals surface area contributed by atoms with Crippen molar-refractivity contribution >= 4 is 0 Å². The molecule has 19 heavy (non-hydrogen) atoms. The number of hydrogen-bond donors (Lipinski definition) is 0. The second-order valence-electron chi connectivity index (χ2n) is 7.73. The molecule has 3 rings (SSSR count). The molecular weight excluding hydrogens is 234 g/mol. The maximum absolute atomic E-state index is 2.77. The Balaban J connectivity index is 1.41. The van der Waals surface area contributed by atoms with Gasteiger partial charge in [-0.25, -0.2) is 0 Å². The van der Waals surface area contributed by atoms with Gasteiger partial charge in [-0.2, -0.15) is 0 Å². The summed E-state index contributed by atoms with van der Waals surface area (Å²) >= 11 is 0. The van der Waals surface area contributed by atoms with E-state index in [1.165, 1.54) is 65.1 Å². The predicted molar refractivity (Wildman–Crippen MR) is 80.4 cm³/mol. The lowest BCUT2D eigenvalue weighted by atomic mass is 9.79. The van der Waals surface area contributed by atoms with E-state index < -0.39 is 0 Å². The quantitative estimate of drug-likeness (QED) is 0.770. The van der Waals surface area contributed by atoms with Crippen LogP contribution in [-0.4, -0.2) is 73.6 Å². The van der Waals surface area contributed by atoms with Gasteiger partial charge < -0.3 is 14.7 Å². The topological polar surface area (TPSA) is 9.72 Å². The van der Waals surface area contributed by atoms with Gasteiger partial charge >= 0.3 is 0 Å². The molecule has 0 N–H and O–H groups in total. The van der Waals surface area contributed by atoms with Crippen molar-refractivity contribution in [1.82, 2.24) is 14.7 Å². The summed E-state index contributed by atoms with van der Waals surface area (Å²) in [6.45, 7) is 14.1. The molecule has 1 spiro atoms. The molecule has 0 radical (unpaired) electrons. The normalized spacial score (nSPS) is 30.3. The lowest BCUT2D eigenvalue weighted by Crippen LogP contribution is -2.55. The molecule has 3 aliphatic heterocycles. The van der Waals surface area contributed by atoms with Crippen LogP contribution in [0.4, 0.5) is 0 Å². The Morgan fingerprint density at radius 3 is 2.32 bits per heavy atom. The van der Waals surface area contributed by atoms with Crippen LogP contribution in [0.3, 0.4) is 0 Å². The first kappa shape index (κ1) is 13.8. The van der Waals surface area contributed by atoms with Crippen LogP contribution in [0.2, 0.25) is 0 Å². The zero-order chi connectivity index (χ0) is 13.5. The highest BCUT2D eigenvalue weighted by Gasteiger charge is 2.46. The summed E-state index contributed by atoms with van der Waals surface area (Å²) in [4.78, 5) is 7.89. The SMILES string of the molecule is CC(C)N1CCC(CN2CCC3(CN(C)C3)C2)CC1. The molecule has 0 unspecified atom stereocenters. The molecule has 0 atom stereocenters. The summed E-state index contributed by atoms with van der Waals surface area (Å²) < 4.78 is 0. The van der Waals surface area contributed by atoms with Crippen molar-refractivity contribution in [3.05, 3.63) is 0 Å². The summed E-state index contributed by atoms with van der Waals surface area (Å²) in [6, 6.07) is 0.738. The fraction of sp³-hybridized carbons (Fsp3) is 1.00. The third-order valence-corrected chi connectivity index (χ3v) is 5.62. The summed E-state index contributed by atoms with van der Waals surface area (Å²) in [6.07, 6.45) is 4.28. The first-order chi connectivity index (χ1) is 9.06. The number of hydrogen-bond acceptors (Lipinski definition) is 3. The Hall–Kier alpha value is -0.120. The van der Waals surface area contributed by atoms with E-state index in [4.69, 9.17) is 0 Å². The third kappa shape index (κ3) is 2.98. The minimum atomic E-state index is 0.688. The highest BCUT2D eigenvalue weighted by molar-refractivity contribution is 5.00. The van der Waals surface area contributed by atoms with Crippen LogP contribution >= 0.6 is 0 Å². The summed E-state index contributed by atoms with van der Waals surface area (Å²) in [5.74, 6) is 0.961. The smallest absolute Gasteiger partial charge is 0.00966 e. The van der Waals surface area contributed by atoms with Gasteiger partial charge in [0, 0.05) is 37.6 Å². The molecule has 3 fully saturated rings. The minimum absolute atomic E-state index is 0.688. The second kappa shape index (κ2) is 5.34. The fourth-order valence-corrected chi connectivity index (χ4v) is 4.56. The van der Waals surface area contributed by atoms with Crippen molar-refractivity contribution in [3.8, 4) is 0 Å². The van der Waals surface area contributed by atoms with E-state index in [2.05, 4.69) is 35.6 Å². The highest BCUT2D eigenvalue weighted by Crippen LogP contribution is 2.39. The predicted octanol–water partition coefficient (Wildman–Crippen LogP) is 1.74. The van der Waals surface area contributed by atoms with Gasteiger partial charge in [0.15, 0.2) is 0 Å². The van der Waals surface area contributed by atoms with Crippen LogP contribution in [0.1, 0.15) is 33.1 Å². The number of nitrogens with zero attached hydrogens (tertiary/aromatic N) is 3. The van der Waals surface area contributed by atoms with E-state index in [9.17, 15) is 0 Å². The molecule has 3 saturated heterocycles. The second-order valence-corrected chi connectivity index (χ2v) is 7.73. The van der Waals surface area contributed by atoms with E-state index in [-0.39, 0.29) is 0 Å². The molecule has 3 nitrogen and oxygen atoms in total. The zero-order valence-corrected chi connectivity index (χ0v) is 13.1. The average Bonchev–Trinajstić information content (AvgIpc) is 2.73. The molecule has 0 amide bonds. The standard InChI is InChI=1S/C16H31N3/c1-14(2)19-7-4-15(5-8-19)10-18-9-6-16(13-18)11-17(3)12-16/h14-15H,4-13H2,1-3H3. The number of likely N-dealkylation sites (tertiary alicyclic amines) is 3. The van der Waals surface area contributed by atoms with Crippen molar-refractivity contribution in [3.63, 3.8) is 0 Å². The largest absolute Gasteiger partial charge is 0.305 e. The van der Waals surface area contributed by atoms with Crippen molar-refractivity contribution in [1.29, 1.82) is 0 Å². The van der Waals surface area contributed by atoms with E-state index in [1.807, 2.05) is 0 Å². The molecule has 3 heteroatoms. The molecule has 0 bridgehead atoms. The lowest BCUT2D eigenvalue weighted by molar-refractivity contribution is 0.0278. The fourth-order valence-electron chi connectivity index (χ4n) is 4.56. The zero-order valence-electron chi connectivity index (χ0n) is 13.1. The van der Waals surface area contributed by atoms with Gasteiger partial charge in [-0.3, -0.25) is 0 Å². The minimum Gasteiger partial charge on any atom is -0.305 e. The molecule has 0 aliphatic carbocycles. The molecule has 3 aliphatic rings. The lowest BCUT2D eigenvalue weighted by Gasteiger charge is -2.46. The van der Waals surface area contributed by atoms with Crippen LogP contribution in [0.5, 0.6) is 0 Å². The van der Waals surface area contributed by atoms with Crippen molar-refractivity contribution < 1.29 is 0 Å². The van der Waals surface area contributed by atoms with Gasteiger partial charge in [0.1, 0.15) is 0 Å². The molecule has 3 heterocycles. The van der Waals surface area contributed by atoms with E-state index in [0.29, 0.717) is 5.41 Å². The van der Waals surface area contributed by atoms with Crippen LogP contribution in [0.15, 0.2) is 0 Å². The summed E-state index contributed by atoms with van der Waals surface area (Å²) in [5.41, 5.74) is 0.688. The van der Waals surface area contributed by atoms with Gasteiger partial charge in [-0.05, 0) is 65.7 Å². The van der Waals surface area contributed by atoms with Gasteiger partial charge in [0.2, 0.25) is 0 Å². The molecular formula is C16H31N3. The molecule has 0 saturated carbocycles. The van der Waals surface area contributed by atoms with Crippen LogP contribution in [0.25, 0.3) is 0 Å². The van der Waals surface area contributed by atoms with E-state index in [0.717, 1.165) is 12.0 Å². The van der Waals surface area contributed by atoms with Crippen LogP contribution in [0, 0.1) is 11.3 Å². The highest BCUT2D eigenvalue weighted by atomic mass is 15.3. The van der Waals surface area contributed by atoms with Gasteiger partial charge in [0.25, 0.3) is 0 Å². The van der Waals surface area contributed by atoms with E-state index >= 15 is 0 Å². The molecule has 0 aromatic rings. The van der Waals surface area contributed by atoms with Crippen molar-refractivity contribution in [2.45, 2.75) is 39.2 Å². The Bertz CT molecular complexity index is 301. The Morgan fingerprint density at radius 1 is 1.05 bits per heavy atom. The first-order valence-corrected chi connectivity index (χ1v) is 8.21. The number of piperidine rings is 1. The first-order valence-electron chi connectivity index (χ1n) is 8.21. The van der Waals surface area contributed by atoms with Gasteiger partial charge in [-0.15, -0.1) is 0 Å². The van der Waals surface area contributed by atoms with Gasteiger partial charge in [-0.1, -0.05) is 0 Å². The van der Waals surface area contributed by atoms with Crippen LogP contribution in [-0.2, 0) is 0 Å². The van der Waals surface area contributed by atoms with Gasteiger partial charge in [0.05, 0.1) is 0 Å². The number of rotatable bonds is 3. The molecule has 0 aromatic heterocycles. The Morgan fingerprint density at radius 2 is 1.74 bits per heavy atom. The molecule has 0 aromatic carbocycles. The Kier molecular flexibility index (Phi) is 3.89. The Labute approximate surface area is 118 Å². The maximum atomic E-state index is 2.77. The summed E-state index contributed by atoms with van der Waals surface area (Å²) in [7, 11) is 2.26. The average molecular weight is 265 g/mol. The monoisotopic (exact) mass is 265 g/mol. The maximum Gasteiger partial charge on any atom is 0.00966 e. The molecule has 110 valence electrons. The van der Waals surface area contributed by atoms with Crippen molar-refractivity contribution in [2.24, 2.45) is 11.3 Å². The summed E-state index contributed by atoms with van der Waals surface area (Å²) in [5, 5.41) is 0. The van der Waals surface area contributed by atoms with Crippen LogP contribution < -0.4 is 0 Å². The van der Waals surface area contributed by atoms with E-state index in [1.54, 1.807) is 0 Å².